The van der Waals surface area contributed by atoms with Crippen LogP contribution in [0, 0.1) is 13.8 Å². The van der Waals surface area contributed by atoms with E-state index in [2.05, 4.69) is 25.2 Å². The number of carbonyl (C=O) groups excluding carboxylic acids is 1. The van der Waals surface area contributed by atoms with Gasteiger partial charge in [-0.2, -0.15) is 0 Å². The molecule has 0 saturated heterocycles. The summed E-state index contributed by atoms with van der Waals surface area (Å²) < 4.78 is 5.28. The molecule has 1 heterocycles. The highest BCUT2D eigenvalue weighted by Gasteiger charge is 2.03. The van der Waals surface area contributed by atoms with Crippen LogP contribution in [0.25, 0.3) is 0 Å². The smallest absolute Gasteiger partial charge is 0.255 e. The summed E-state index contributed by atoms with van der Waals surface area (Å²) in [5.41, 5.74) is 7.31. The van der Waals surface area contributed by atoms with Crippen molar-refractivity contribution in [3.63, 3.8) is 0 Å². The van der Waals surface area contributed by atoms with Gasteiger partial charge in [0.05, 0.1) is 0 Å². The number of benzene rings is 1. The summed E-state index contributed by atoms with van der Waals surface area (Å²) in [5.74, 6) is 0.153. The monoisotopic (exact) mass is 290 g/mol. The first-order chi connectivity index (χ1) is 9.54. The van der Waals surface area contributed by atoms with Crippen LogP contribution in [0.15, 0.2) is 30.3 Å². The van der Waals surface area contributed by atoms with E-state index in [4.69, 9.17) is 10.5 Å². The second-order valence-corrected chi connectivity index (χ2v) is 6.04. The van der Waals surface area contributed by atoms with Crippen molar-refractivity contribution in [3.05, 3.63) is 45.6 Å². The molecule has 2 rings (SSSR count). The van der Waals surface area contributed by atoms with Crippen LogP contribution >= 0.6 is 11.3 Å². The van der Waals surface area contributed by atoms with Gasteiger partial charge < -0.3 is 15.8 Å². The molecule has 0 fully saturated rings. The summed E-state index contributed by atoms with van der Waals surface area (Å²) in [6.45, 7) is 4.91. The van der Waals surface area contributed by atoms with E-state index in [1.807, 2.05) is 18.2 Å². The molecule has 1 aromatic carbocycles. The first-order valence-corrected chi connectivity index (χ1v) is 7.17. The molecular formula is C15H18N2O2S. The van der Waals surface area contributed by atoms with E-state index in [0.717, 1.165) is 12.2 Å². The third kappa shape index (κ3) is 3.99. The third-order valence-electron chi connectivity index (χ3n) is 2.84. The predicted octanol–water partition coefficient (Wildman–Crippen LogP) is 2.84. The molecule has 0 atom stereocenters. The molecule has 106 valence electrons. The summed E-state index contributed by atoms with van der Waals surface area (Å²) in [4.78, 5) is 13.3. The zero-order valence-corrected chi connectivity index (χ0v) is 12.4. The highest BCUT2D eigenvalue weighted by atomic mass is 32.1. The van der Waals surface area contributed by atoms with Crippen molar-refractivity contribution in [2.75, 3.05) is 11.9 Å². The minimum Gasteiger partial charge on any atom is -0.484 e. The Labute approximate surface area is 122 Å². The topological polar surface area (TPSA) is 64.3 Å². The van der Waals surface area contributed by atoms with Gasteiger partial charge in [0.1, 0.15) is 5.75 Å². The van der Waals surface area contributed by atoms with Gasteiger partial charge in [-0.1, -0.05) is 6.07 Å². The summed E-state index contributed by atoms with van der Waals surface area (Å²) in [5, 5.41) is 3.35. The van der Waals surface area contributed by atoms with Crippen LogP contribution in [-0.2, 0) is 11.3 Å². The summed E-state index contributed by atoms with van der Waals surface area (Å²) in [6, 6.07) is 9.70. The van der Waals surface area contributed by atoms with Crippen molar-refractivity contribution in [2.24, 2.45) is 5.73 Å². The molecule has 0 aliphatic heterocycles. The summed E-state index contributed by atoms with van der Waals surface area (Å²) in [7, 11) is 0. The summed E-state index contributed by atoms with van der Waals surface area (Å²) in [6.07, 6.45) is 0. The molecule has 0 spiro atoms. The van der Waals surface area contributed by atoms with E-state index in [9.17, 15) is 4.79 Å². The van der Waals surface area contributed by atoms with Crippen molar-refractivity contribution >= 4 is 22.9 Å². The normalized spacial score (nSPS) is 10.3. The Morgan fingerprint density at radius 3 is 2.80 bits per heavy atom. The van der Waals surface area contributed by atoms with Crippen LogP contribution in [0.5, 0.6) is 5.75 Å². The number of aryl methyl sites for hydroxylation is 2. The van der Waals surface area contributed by atoms with Crippen LogP contribution in [0.4, 0.5) is 5.69 Å². The van der Waals surface area contributed by atoms with Crippen LogP contribution in [-0.4, -0.2) is 12.5 Å². The van der Waals surface area contributed by atoms with Crippen molar-refractivity contribution in [3.8, 4) is 5.75 Å². The molecule has 0 aliphatic carbocycles. The zero-order valence-electron chi connectivity index (χ0n) is 11.6. The lowest BCUT2D eigenvalue weighted by atomic mass is 10.2. The number of primary amides is 1. The fraction of sp³-hybridized carbons (Fsp3) is 0.267. The first-order valence-electron chi connectivity index (χ1n) is 6.35. The van der Waals surface area contributed by atoms with Crippen molar-refractivity contribution < 1.29 is 9.53 Å². The molecule has 3 N–H and O–H groups in total. The van der Waals surface area contributed by atoms with E-state index in [-0.39, 0.29) is 6.61 Å². The van der Waals surface area contributed by atoms with Gasteiger partial charge in [-0.05, 0) is 37.6 Å². The number of hydrogen-bond donors (Lipinski definition) is 2. The second-order valence-electron chi connectivity index (χ2n) is 4.57. The Hall–Kier alpha value is -2.01. The molecule has 4 nitrogen and oxygen atoms in total. The Morgan fingerprint density at radius 1 is 1.35 bits per heavy atom. The van der Waals surface area contributed by atoms with Gasteiger partial charge >= 0.3 is 0 Å². The molecule has 1 aromatic heterocycles. The number of nitrogens with one attached hydrogen (secondary N) is 1. The number of carbonyl (C=O) groups is 1. The van der Waals surface area contributed by atoms with Gasteiger partial charge in [-0.25, -0.2) is 0 Å². The van der Waals surface area contributed by atoms with E-state index in [1.54, 1.807) is 17.4 Å². The lowest BCUT2D eigenvalue weighted by molar-refractivity contribution is -0.119. The highest BCUT2D eigenvalue weighted by Crippen LogP contribution is 2.23. The number of nitrogens with two attached hydrogens (primary N) is 1. The molecular weight excluding hydrogens is 272 g/mol. The maximum atomic E-state index is 10.7. The number of thiophene rings is 1. The van der Waals surface area contributed by atoms with Crippen molar-refractivity contribution in [1.29, 1.82) is 0 Å². The molecule has 0 unspecified atom stereocenters. The van der Waals surface area contributed by atoms with Crippen molar-refractivity contribution in [2.45, 2.75) is 20.4 Å². The van der Waals surface area contributed by atoms with E-state index < -0.39 is 5.91 Å². The maximum absolute atomic E-state index is 10.7. The Kier molecular flexibility index (Phi) is 4.63. The van der Waals surface area contributed by atoms with E-state index >= 15 is 0 Å². The molecule has 5 heteroatoms. The van der Waals surface area contributed by atoms with Gasteiger partial charge in [-0.15, -0.1) is 11.3 Å². The predicted molar refractivity (Wildman–Crippen MR) is 82.3 cm³/mol. The lowest BCUT2D eigenvalue weighted by Gasteiger charge is -2.09. The molecule has 0 saturated carbocycles. The Balaban J connectivity index is 1.97. The molecule has 0 aliphatic rings. The molecule has 0 radical (unpaired) electrons. The van der Waals surface area contributed by atoms with Crippen LogP contribution in [0.2, 0.25) is 0 Å². The zero-order chi connectivity index (χ0) is 14.5. The fourth-order valence-electron chi connectivity index (χ4n) is 1.91. The SMILES string of the molecule is Cc1cc(CNc2cccc(OCC(N)=O)c2)c(C)s1. The largest absolute Gasteiger partial charge is 0.484 e. The minimum absolute atomic E-state index is 0.105. The number of ether oxygens (including phenoxy) is 1. The average molecular weight is 290 g/mol. The van der Waals surface area contributed by atoms with Gasteiger partial charge in [0.25, 0.3) is 5.91 Å². The van der Waals surface area contributed by atoms with E-state index in [0.29, 0.717) is 5.75 Å². The van der Waals surface area contributed by atoms with Gasteiger partial charge in [-0.3, -0.25) is 4.79 Å². The third-order valence-corrected chi connectivity index (χ3v) is 3.85. The molecule has 2 aromatic rings. The standard InChI is InChI=1S/C15H18N2O2S/c1-10-6-12(11(2)20-10)8-17-13-4-3-5-14(7-13)19-9-15(16)18/h3-7,17H,8-9H2,1-2H3,(H2,16,18). The number of amides is 1. The second kappa shape index (κ2) is 6.43. The van der Waals surface area contributed by atoms with E-state index in [1.165, 1.54) is 15.3 Å². The lowest BCUT2D eigenvalue weighted by Crippen LogP contribution is -2.20. The van der Waals surface area contributed by atoms with Crippen LogP contribution in [0.1, 0.15) is 15.3 Å². The van der Waals surface area contributed by atoms with Crippen molar-refractivity contribution in [1.82, 2.24) is 0 Å². The highest BCUT2D eigenvalue weighted by molar-refractivity contribution is 7.12. The van der Waals surface area contributed by atoms with Gasteiger partial charge in [0.15, 0.2) is 6.61 Å². The average Bonchev–Trinajstić information content (AvgIpc) is 2.73. The number of hydrogen-bond acceptors (Lipinski definition) is 4. The minimum atomic E-state index is -0.479. The molecule has 1 amide bonds. The molecule has 20 heavy (non-hydrogen) atoms. The van der Waals surface area contributed by atoms with Crippen LogP contribution < -0.4 is 15.8 Å². The Morgan fingerprint density at radius 2 is 2.15 bits per heavy atom. The number of anilines is 1. The van der Waals surface area contributed by atoms with Crippen LogP contribution in [0.3, 0.4) is 0 Å². The van der Waals surface area contributed by atoms with Gasteiger partial charge in [0.2, 0.25) is 0 Å². The summed E-state index contributed by atoms with van der Waals surface area (Å²) >= 11 is 1.80. The maximum Gasteiger partial charge on any atom is 0.255 e. The number of rotatable bonds is 6. The molecule has 0 bridgehead atoms. The fourth-order valence-corrected chi connectivity index (χ4v) is 2.85. The van der Waals surface area contributed by atoms with Gasteiger partial charge in [0, 0.05) is 28.1 Å². The first kappa shape index (κ1) is 14.4. The Bertz CT molecular complexity index is 608. The quantitative estimate of drug-likeness (QED) is 0.860.